The van der Waals surface area contributed by atoms with E-state index in [1.165, 1.54) is 5.56 Å². The van der Waals surface area contributed by atoms with E-state index < -0.39 is 0 Å². The lowest BCUT2D eigenvalue weighted by atomic mass is 10.0. The highest BCUT2D eigenvalue weighted by atomic mass is 16.5. The number of ether oxygens (including phenoxy) is 1. The van der Waals surface area contributed by atoms with Crippen molar-refractivity contribution in [3.63, 3.8) is 0 Å². The van der Waals surface area contributed by atoms with E-state index in [2.05, 4.69) is 51.7 Å². The molecule has 1 atom stereocenters. The van der Waals surface area contributed by atoms with Crippen molar-refractivity contribution >= 4 is 11.7 Å². The normalized spacial score (nSPS) is 18.1. The number of urea groups is 1. The third-order valence-corrected chi connectivity index (χ3v) is 4.89. The standard InChI is InChI=1S/C21H28N4O2/c1-24-13-14-25(20(16-24)17-7-4-3-5-8-17)12-11-22-21(26)23-18-9-6-10-19(15-18)27-2/h3-10,15,20H,11-14,16H2,1-2H3,(H2,22,23,26)/t20-/m0/s1. The molecule has 1 aliphatic heterocycles. The van der Waals surface area contributed by atoms with Gasteiger partial charge in [-0.05, 0) is 24.7 Å². The molecule has 27 heavy (non-hydrogen) atoms. The monoisotopic (exact) mass is 368 g/mol. The summed E-state index contributed by atoms with van der Waals surface area (Å²) >= 11 is 0. The fourth-order valence-electron chi connectivity index (χ4n) is 3.41. The quantitative estimate of drug-likeness (QED) is 0.823. The summed E-state index contributed by atoms with van der Waals surface area (Å²) in [6, 6.07) is 18.1. The number of hydrogen-bond acceptors (Lipinski definition) is 4. The van der Waals surface area contributed by atoms with Gasteiger partial charge in [0, 0.05) is 50.5 Å². The van der Waals surface area contributed by atoms with Crippen molar-refractivity contribution in [1.82, 2.24) is 15.1 Å². The van der Waals surface area contributed by atoms with Gasteiger partial charge in [-0.2, -0.15) is 0 Å². The van der Waals surface area contributed by atoms with E-state index in [4.69, 9.17) is 4.74 Å². The molecule has 0 unspecified atom stereocenters. The Morgan fingerprint density at radius 2 is 1.96 bits per heavy atom. The fraction of sp³-hybridized carbons (Fsp3) is 0.381. The minimum Gasteiger partial charge on any atom is -0.497 e. The Hall–Kier alpha value is -2.57. The first-order valence-electron chi connectivity index (χ1n) is 9.32. The van der Waals surface area contributed by atoms with Gasteiger partial charge in [-0.15, -0.1) is 0 Å². The molecule has 2 aromatic rings. The summed E-state index contributed by atoms with van der Waals surface area (Å²) in [5.41, 5.74) is 2.04. The summed E-state index contributed by atoms with van der Waals surface area (Å²) < 4.78 is 5.18. The van der Waals surface area contributed by atoms with E-state index in [-0.39, 0.29) is 6.03 Å². The molecule has 0 aromatic heterocycles. The molecule has 1 fully saturated rings. The molecule has 0 aliphatic carbocycles. The van der Waals surface area contributed by atoms with Crippen LogP contribution in [-0.2, 0) is 0 Å². The first-order chi connectivity index (χ1) is 13.2. The van der Waals surface area contributed by atoms with E-state index in [0.717, 1.165) is 31.9 Å². The third kappa shape index (κ3) is 5.45. The van der Waals surface area contributed by atoms with Crippen LogP contribution in [0.1, 0.15) is 11.6 Å². The molecule has 0 radical (unpaired) electrons. The second kappa shape index (κ2) is 9.39. The summed E-state index contributed by atoms with van der Waals surface area (Å²) in [5, 5.41) is 5.80. The van der Waals surface area contributed by atoms with Gasteiger partial charge in [0.15, 0.2) is 0 Å². The number of methoxy groups -OCH3 is 1. The van der Waals surface area contributed by atoms with Crippen LogP contribution in [-0.4, -0.2) is 62.7 Å². The molecule has 2 N–H and O–H groups in total. The van der Waals surface area contributed by atoms with Gasteiger partial charge in [0.1, 0.15) is 5.75 Å². The molecule has 0 bridgehead atoms. The zero-order valence-electron chi connectivity index (χ0n) is 16.0. The van der Waals surface area contributed by atoms with Crippen LogP contribution in [0.2, 0.25) is 0 Å². The first kappa shape index (κ1) is 19.2. The van der Waals surface area contributed by atoms with Crippen LogP contribution in [0, 0.1) is 0 Å². The van der Waals surface area contributed by atoms with Gasteiger partial charge >= 0.3 is 6.03 Å². The largest absolute Gasteiger partial charge is 0.497 e. The zero-order valence-corrected chi connectivity index (χ0v) is 16.0. The molecule has 0 spiro atoms. The van der Waals surface area contributed by atoms with Crippen molar-refractivity contribution < 1.29 is 9.53 Å². The second-order valence-corrected chi connectivity index (χ2v) is 6.84. The predicted octanol–water partition coefficient (Wildman–Crippen LogP) is 2.81. The van der Waals surface area contributed by atoms with Gasteiger partial charge < -0.3 is 20.3 Å². The van der Waals surface area contributed by atoms with Crippen LogP contribution in [0.5, 0.6) is 5.75 Å². The number of carbonyl (C=O) groups is 1. The Morgan fingerprint density at radius 3 is 2.74 bits per heavy atom. The molecule has 1 heterocycles. The van der Waals surface area contributed by atoms with Gasteiger partial charge in [-0.3, -0.25) is 4.90 Å². The smallest absolute Gasteiger partial charge is 0.319 e. The molecule has 6 nitrogen and oxygen atoms in total. The van der Waals surface area contributed by atoms with Gasteiger partial charge in [0.25, 0.3) is 0 Å². The summed E-state index contributed by atoms with van der Waals surface area (Å²) in [4.78, 5) is 17.0. The number of nitrogens with one attached hydrogen (secondary N) is 2. The summed E-state index contributed by atoms with van der Waals surface area (Å²) in [7, 11) is 3.77. The molecule has 6 heteroatoms. The van der Waals surface area contributed by atoms with Crippen molar-refractivity contribution in [2.75, 3.05) is 52.2 Å². The highest BCUT2D eigenvalue weighted by Crippen LogP contribution is 2.24. The summed E-state index contributed by atoms with van der Waals surface area (Å²) in [6.07, 6.45) is 0. The maximum absolute atomic E-state index is 12.2. The van der Waals surface area contributed by atoms with Gasteiger partial charge in [-0.1, -0.05) is 36.4 Å². The molecule has 1 saturated heterocycles. The number of likely N-dealkylation sites (N-methyl/N-ethyl adjacent to an activating group) is 1. The molecule has 0 saturated carbocycles. The minimum absolute atomic E-state index is 0.200. The van der Waals surface area contributed by atoms with Crippen LogP contribution < -0.4 is 15.4 Å². The number of benzene rings is 2. The van der Waals surface area contributed by atoms with Gasteiger partial charge in [0.2, 0.25) is 0 Å². The number of carbonyl (C=O) groups excluding carboxylic acids is 1. The average Bonchev–Trinajstić information content (AvgIpc) is 2.70. The molecule has 2 amide bonds. The van der Waals surface area contributed by atoms with E-state index >= 15 is 0 Å². The number of hydrogen-bond donors (Lipinski definition) is 2. The predicted molar refractivity (Wildman–Crippen MR) is 108 cm³/mol. The number of anilines is 1. The van der Waals surface area contributed by atoms with E-state index in [9.17, 15) is 4.79 Å². The Balaban J connectivity index is 1.51. The maximum Gasteiger partial charge on any atom is 0.319 e. The van der Waals surface area contributed by atoms with Crippen LogP contribution in [0.25, 0.3) is 0 Å². The third-order valence-electron chi connectivity index (χ3n) is 4.89. The lowest BCUT2D eigenvalue weighted by molar-refractivity contribution is 0.0913. The first-order valence-corrected chi connectivity index (χ1v) is 9.32. The van der Waals surface area contributed by atoms with Gasteiger partial charge in [0.05, 0.1) is 7.11 Å². The molecule has 2 aromatic carbocycles. The number of rotatable bonds is 6. The Bertz CT molecular complexity index is 738. The van der Waals surface area contributed by atoms with Crippen molar-refractivity contribution in [1.29, 1.82) is 0 Å². The lowest BCUT2D eigenvalue weighted by Crippen LogP contribution is -2.49. The van der Waals surface area contributed by atoms with Crippen molar-refractivity contribution in [2.24, 2.45) is 0 Å². The van der Waals surface area contributed by atoms with Crippen molar-refractivity contribution in [3.05, 3.63) is 60.2 Å². The van der Waals surface area contributed by atoms with Crippen LogP contribution in [0.4, 0.5) is 10.5 Å². The van der Waals surface area contributed by atoms with Crippen molar-refractivity contribution in [3.8, 4) is 5.75 Å². The number of nitrogens with zero attached hydrogens (tertiary/aromatic N) is 2. The SMILES string of the molecule is COc1cccc(NC(=O)NCCN2CCN(C)C[C@H]2c2ccccc2)c1. The number of piperazine rings is 1. The molecular formula is C21H28N4O2. The fourth-order valence-corrected chi connectivity index (χ4v) is 3.41. The molecule has 144 valence electrons. The van der Waals surface area contributed by atoms with Crippen LogP contribution in [0.15, 0.2) is 54.6 Å². The Morgan fingerprint density at radius 1 is 1.15 bits per heavy atom. The molecule has 3 rings (SSSR count). The van der Waals surface area contributed by atoms with Crippen LogP contribution in [0.3, 0.4) is 0 Å². The zero-order chi connectivity index (χ0) is 19.1. The summed E-state index contributed by atoms with van der Waals surface area (Å²) in [5.74, 6) is 0.718. The van der Waals surface area contributed by atoms with Crippen molar-refractivity contribution in [2.45, 2.75) is 6.04 Å². The van der Waals surface area contributed by atoms with Crippen LogP contribution >= 0.6 is 0 Å². The highest BCUT2D eigenvalue weighted by Gasteiger charge is 2.26. The van der Waals surface area contributed by atoms with E-state index in [1.807, 2.05) is 24.3 Å². The number of amides is 2. The molecule has 1 aliphatic rings. The topological polar surface area (TPSA) is 56.8 Å². The summed E-state index contributed by atoms with van der Waals surface area (Å²) in [6.45, 7) is 4.45. The highest BCUT2D eigenvalue weighted by molar-refractivity contribution is 5.89. The Labute approximate surface area is 161 Å². The van der Waals surface area contributed by atoms with E-state index in [1.54, 1.807) is 13.2 Å². The van der Waals surface area contributed by atoms with Gasteiger partial charge in [-0.25, -0.2) is 4.79 Å². The second-order valence-electron chi connectivity index (χ2n) is 6.84. The van der Waals surface area contributed by atoms with E-state index in [0.29, 0.717) is 18.3 Å². The molecular weight excluding hydrogens is 340 g/mol. The Kier molecular flexibility index (Phi) is 6.68. The minimum atomic E-state index is -0.200. The lowest BCUT2D eigenvalue weighted by Gasteiger charge is -2.40. The maximum atomic E-state index is 12.2. The average molecular weight is 368 g/mol.